The zero-order chi connectivity index (χ0) is 11.3. The van der Waals surface area contributed by atoms with Gasteiger partial charge in [-0.25, -0.2) is 4.79 Å². The van der Waals surface area contributed by atoms with Gasteiger partial charge in [0, 0.05) is 25.1 Å². The van der Waals surface area contributed by atoms with Gasteiger partial charge < -0.3 is 9.64 Å². The molecule has 0 fully saturated rings. The fraction of sp³-hybridized carbons (Fsp3) is 0.583. The van der Waals surface area contributed by atoms with Crippen molar-refractivity contribution in [3.63, 3.8) is 0 Å². The summed E-state index contributed by atoms with van der Waals surface area (Å²) in [6.07, 6.45) is 8.65. The molecule has 0 saturated carbocycles. The predicted octanol–water partition coefficient (Wildman–Crippen LogP) is 1.96. The first kappa shape index (κ1) is 11.8. The summed E-state index contributed by atoms with van der Waals surface area (Å²) in [5, 5.41) is 0. The van der Waals surface area contributed by atoms with Crippen molar-refractivity contribution >= 4 is 5.97 Å². The number of rotatable bonds is 3. The van der Waals surface area contributed by atoms with Crippen LogP contribution in [0.25, 0.3) is 0 Å². The van der Waals surface area contributed by atoms with Crippen LogP contribution in [0.5, 0.6) is 0 Å². The highest BCUT2D eigenvalue weighted by Gasteiger charge is 2.21. The van der Waals surface area contributed by atoms with E-state index in [1.54, 1.807) is 0 Å². The molecule has 0 aromatic rings. The molecule has 15 heavy (non-hydrogen) atoms. The molecule has 0 N–H and O–H groups in total. The van der Waals surface area contributed by atoms with Crippen molar-refractivity contribution in [2.24, 2.45) is 5.41 Å². The summed E-state index contributed by atoms with van der Waals surface area (Å²) >= 11 is 0. The first-order chi connectivity index (χ1) is 7.06. The van der Waals surface area contributed by atoms with Crippen LogP contribution < -0.4 is 0 Å². The third kappa shape index (κ3) is 3.78. The number of hydrogen-bond donors (Lipinski definition) is 0. The van der Waals surface area contributed by atoms with E-state index in [4.69, 9.17) is 4.74 Å². The van der Waals surface area contributed by atoms with Gasteiger partial charge in [-0.2, -0.15) is 0 Å². The molecule has 1 aliphatic heterocycles. The molecule has 1 unspecified atom stereocenters. The van der Waals surface area contributed by atoms with E-state index in [0.29, 0.717) is 6.61 Å². The van der Waals surface area contributed by atoms with E-state index in [1.165, 1.54) is 6.08 Å². The Morgan fingerprint density at radius 1 is 1.67 bits per heavy atom. The quantitative estimate of drug-likeness (QED) is 0.525. The summed E-state index contributed by atoms with van der Waals surface area (Å²) in [7, 11) is 2.05. The van der Waals surface area contributed by atoms with E-state index >= 15 is 0 Å². The van der Waals surface area contributed by atoms with Crippen molar-refractivity contribution in [2.75, 3.05) is 20.2 Å². The third-order valence-electron chi connectivity index (χ3n) is 2.60. The van der Waals surface area contributed by atoms with Crippen molar-refractivity contribution in [3.8, 4) is 0 Å². The normalized spacial score (nSPS) is 25.9. The second-order valence-corrected chi connectivity index (χ2v) is 4.14. The fourth-order valence-corrected chi connectivity index (χ4v) is 1.46. The number of ether oxygens (including phenoxy) is 1. The Labute approximate surface area is 91.4 Å². The molecule has 0 aromatic carbocycles. The van der Waals surface area contributed by atoms with Gasteiger partial charge in [-0.3, -0.25) is 0 Å². The van der Waals surface area contributed by atoms with E-state index in [0.717, 1.165) is 13.0 Å². The van der Waals surface area contributed by atoms with Gasteiger partial charge in [-0.1, -0.05) is 19.1 Å². The van der Waals surface area contributed by atoms with Crippen molar-refractivity contribution in [1.82, 2.24) is 4.90 Å². The molecular weight excluding hydrogens is 190 g/mol. The standard InChI is InChI=1S/C12H19NO2/c1-4-15-11(14)5-6-12(2)7-9-13(3)10-8-12/h5-7,9H,4,8,10H2,1-3H3/b6-5-. The molecule has 0 radical (unpaired) electrons. The van der Waals surface area contributed by atoms with Gasteiger partial charge in [0.1, 0.15) is 0 Å². The predicted molar refractivity (Wildman–Crippen MR) is 60.3 cm³/mol. The molecule has 1 aliphatic rings. The Morgan fingerprint density at radius 2 is 2.40 bits per heavy atom. The topological polar surface area (TPSA) is 29.5 Å². The number of carbonyl (C=O) groups is 1. The molecule has 0 saturated heterocycles. The van der Waals surface area contributed by atoms with Crippen molar-refractivity contribution in [3.05, 3.63) is 24.4 Å². The molecule has 3 heteroatoms. The summed E-state index contributed by atoms with van der Waals surface area (Å²) < 4.78 is 4.84. The highest BCUT2D eigenvalue weighted by Crippen LogP contribution is 2.28. The lowest BCUT2D eigenvalue weighted by Gasteiger charge is -2.30. The monoisotopic (exact) mass is 209 g/mol. The third-order valence-corrected chi connectivity index (χ3v) is 2.60. The largest absolute Gasteiger partial charge is 0.463 e. The van der Waals surface area contributed by atoms with Crippen LogP contribution in [0, 0.1) is 5.41 Å². The average molecular weight is 209 g/mol. The van der Waals surface area contributed by atoms with E-state index in [2.05, 4.69) is 24.1 Å². The summed E-state index contributed by atoms with van der Waals surface area (Å²) in [5.41, 5.74) is -0.0146. The SMILES string of the molecule is CCOC(=O)/C=C\C1(C)C=CN(C)CC1. The number of carbonyl (C=O) groups excluding carboxylic acids is 1. The first-order valence-electron chi connectivity index (χ1n) is 5.31. The van der Waals surface area contributed by atoms with Gasteiger partial charge in [-0.15, -0.1) is 0 Å². The Balaban J connectivity index is 2.57. The van der Waals surface area contributed by atoms with Gasteiger partial charge in [-0.05, 0) is 19.5 Å². The van der Waals surface area contributed by atoms with Gasteiger partial charge in [0.05, 0.1) is 6.61 Å². The molecule has 0 amide bonds. The Bertz CT molecular complexity index is 283. The van der Waals surface area contributed by atoms with Crippen molar-refractivity contribution < 1.29 is 9.53 Å². The Hall–Kier alpha value is -1.25. The van der Waals surface area contributed by atoms with Gasteiger partial charge >= 0.3 is 5.97 Å². The van der Waals surface area contributed by atoms with Gasteiger partial charge in [0.15, 0.2) is 0 Å². The minimum Gasteiger partial charge on any atom is -0.463 e. The maximum atomic E-state index is 11.1. The zero-order valence-corrected chi connectivity index (χ0v) is 9.69. The molecule has 0 aromatic heterocycles. The summed E-state index contributed by atoms with van der Waals surface area (Å²) in [4.78, 5) is 13.3. The lowest BCUT2D eigenvalue weighted by Crippen LogP contribution is -2.26. The molecule has 1 heterocycles. The van der Waals surface area contributed by atoms with Crippen LogP contribution in [0.1, 0.15) is 20.3 Å². The fourth-order valence-electron chi connectivity index (χ4n) is 1.46. The lowest BCUT2D eigenvalue weighted by molar-refractivity contribution is -0.137. The van der Waals surface area contributed by atoms with Crippen LogP contribution in [0.3, 0.4) is 0 Å². The Morgan fingerprint density at radius 3 is 2.93 bits per heavy atom. The van der Waals surface area contributed by atoms with E-state index in [9.17, 15) is 4.79 Å². The molecule has 0 bridgehead atoms. The molecule has 84 valence electrons. The zero-order valence-electron chi connectivity index (χ0n) is 9.69. The summed E-state index contributed by atoms with van der Waals surface area (Å²) in [6.45, 7) is 5.37. The molecule has 1 atom stereocenters. The van der Waals surface area contributed by atoms with Crippen LogP contribution in [0.2, 0.25) is 0 Å². The maximum Gasteiger partial charge on any atom is 0.330 e. The second kappa shape index (κ2) is 5.01. The molecule has 1 rings (SSSR count). The second-order valence-electron chi connectivity index (χ2n) is 4.14. The first-order valence-corrected chi connectivity index (χ1v) is 5.31. The Kier molecular flexibility index (Phi) is 3.95. The highest BCUT2D eigenvalue weighted by atomic mass is 16.5. The molecule has 0 aliphatic carbocycles. The molecular formula is C12H19NO2. The minimum atomic E-state index is -0.258. The number of hydrogen-bond acceptors (Lipinski definition) is 3. The van der Waals surface area contributed by atoms with Crippen LogP contribution in [-0.4, -0.2) is 31.1 Å². The van der Waals surface area contributed by atoms with Crippen molar-refractivity contribution in [1.29, 1.82) is 0 Å². The molecule has 0 spiro atoms. The van der Waals surface area contributed by atoms with Crippen LogP contribution >= 0.6 is 0 Å². The summed E-state index contributed by atoms with van der Waals surface area (Å²) in [6, 6.07) is 0. The highest BCUT2D eigenvalue weighted by molar-refractivity contribution is 5.82. The average Bonchev–Trinajstić information content (AvgIpc) is 2.21. The van der Waals surface area contributed by atoms with Crippen LogP contribution in [0.15, 0.2) is 24.4 Å². The van der Waals surface area contributed by atoms with E-state index in [-0.39, 0.29) is 11.4 Å². The minimum absolute atomic E-state index is 0.0146. The van der Waals surface area contributed by atoms with Gasteiger partial charge in [0.25, 0.3) is 0 Å². The summed E-state index contributed by atoms with van der Waals surface area (Å²) in [5.74, 6) is -0.258. The number of allylic oxidation sites excluding steroid dienone is 2. The lowest BCUT2D eigenvalue weighted by atomic mass is 9.84. The van der Waals surface area contributed by atoms with E-state index in [1.807, 2.05) is 20.0 Å². The number of nitrogens with zero attached hydrogens (tertiary/aromatic N) is 1. The molecule has 3 nitrogen and oxygen atoms in total. The number of esters is 1. The maximum absolute atomic E-state index is 11.1. The van der Waals surface area contributed by atoms with Gasteiger partial charge in [0.2, 0.25) is 0 Å². The van der Waals surface area contributed by atoms with E-state index < -0.39 is 0 Å². The van der Waals surface area contributed by atoms with Crippen molar-refractivity contribution in [2.45, 2.75) is 20.3 Å². The van der Waals surface area contributed by atoms with Crippen LogP contribution in [-0.2, 0) is 9.53 Å². The van der Waals surface area contributed by atoms with Crippen LogP contribution in [0.4, 0.5) is 0 Å². The smallest absolute Gasteiger partial charge is 0.330 e.